The van der Waals surface area contributed by atoms with Crippen LogP contribution in [-0.4, -0.2) is 23.5 Å². The van der Waals surface area contributed by atoms with Crippen LogP contribution in [0.3, 0.4) is 0 Å². The van der Waals surface area contributed by atoms with Crippen LogP contribution in [0.5, 0.6) is 0 Å². The molecule has 146 valence electrons. The fourth-order valence-electron chi connectivity index (χ4n) is 3.74. The van der Waals surface area contributed by atoms with Crippen molar-refractivity contribution in [1.82, 2.24) is 10.3 Å². The number of nitrogens with one attached hydrogen (secondary N) is 1. The lowest BCUT2D eigenvalue weighted by Crippen LogP contribution is -2.41. The Bertz CT molecular complexity index is 668. The highest BCUT2D eigenvalue weighted by Gasteiger charge is 2.33. The topological polar surface area (TPSA) is 68.0 Å². The molecule has 1 saturated carbocycles. The summed E-state index contributed by atoms with van der Waals surface area (Å²) in [6, 6.07) is 8.26. The molecule has 0 spiro atoms. The Hall–Kier alpha value is -0.880. The maximum absolute atomic E-state index is 12.5. The van der Waals surface area contributed by atoms with E-state index in [0.29, 0.717) is 13.0 Å². The molecule has 1 fully saturated rings. The van der Waals surface area contributed by atoms with Crippen LogP contribution in [0.4, 0.5) is 0 Å². The van der Waals surface area contributed by atoms with Crippen molar-refractivity contribution in [1.29, 1.82) is 0 Å². The molecular weight excluding hydrogens is 389 g/mol. The molecule has 1 atom stereocenters. The van der Waals surface area contributed by atoms with Crippen molar-refractivity contribution in [2.24, 2.45) is 11.1 Å². The standard InChI is InChI=1S/C19H27N3OS.2ClH/c1-14(11-18-22-15-7-3-4-8-16(15)24-18)21-17(23)12-19(13-20)9-5-2-6-10-19;;/h3-4,7-8,14H,2,5-6,9-13,20H2,1H3,(H,21,23);2*1H. The minimum absolute atomic E-state index is 0. The maximum Gasteiger partial charge on any atom is 0.220 e. The number of rotatable bonds is 6. The normalized spacial score (nSPS) is 17.0. The molecule has 0 radical (unpaired) electrons. The Morgan fingerprint density at radius 3 is 2.62 bits per heavy atom. The van der Waals surface area contributed by atoms with Crippen LogP contribution in [0.15, 0.2) is 24.3 Å². The number of para-hydroxylation sites is 1. The zero-order chi connectivity index (χ0) is 17.0. The Kier molecular flexibility index (Phi) is 9.31. The Labute approximate surface area is 172 Å². The minimum Gasteiger partial charge on any atom is -0.353 e. The van der Waals surface area contributed by atoms with Gasteiger partial charge in [0.05, 0.1) is 15.2 Å². The molecular formula is C19H29Cl2N3OS. The van der Waals surface area contributed by atoms with Gasteiger partial charge in [0, 0.05) is 18.9 Å². The van der Waals surface area contributed by atoms with Crippen LogP contribution >= 0.6 is 36.2 Å². The molecule has 1 unspecified atom stereocenters. The zero-order valence-electron chi connectivity index (χ0n) is 15.2. The average molecular weight is 418 g/mol. The lowest BCUT2D eigenvalue weighted by Gasteiger charge is -2.36. The van der Waals surface area contributed by atoms with Gasteiger partial charge in [-0.2, -0.15) is 0 Å². The molecule has 0 saturated heterocycles. The monoisotopic (exact) mass is 417 g/mol. The van der Waals surface area contributed by atoms with Gasteiger partial charge in [-0.05, 0) is 43.9 Å². The fraction of sp³-hybridized carbons (Fsp3) is 0.579. The number of thiazole rings is 1. The number of hydrogen-bond acceptors (Lipinski definition) is 4. The van der Waals surface area contributed by atoms with E-state index in [9.17, 15) is 4.79 Å². The van der Waals surface area contributed by atoms with Crippen molar-refractivity contribution in [3.8, 4) is 0 Å². The molecule has 3 N–H and O–H groups in total. The number of aromatic nitrogens is 1. The number of halogens is 2. The van der Waals surface area contributed by atoms with Crippen LogP contribution in [-0.2, 0) is 11.2 Å². The first-order chi connectivity index (χ1) is 11.6. The van der Waals surface area contributed by atoms with Crippen molar-refractivity contribution in [3.63, 3.8) is 0 Å². The number of nitrogens with zero attached hydrogens (tertiary/aromatic N) is 1. The van der Waals surface area contributed by atoms with E-state index in [0.717, 1.165) is 29.8 Å². The number of nitrogens with two attached hydrogens (primary N) is 1. The van der Waals surface area contributed by atoms with E-state index in [1.54, 1.807) is 11.3 Å². The third-order valence-electron chi connectivity index (χ3n) is 5.11. The maximum atomic E-state index is 12.5. The molecule has 0 bridgehead atoms. The van der Waals surface area contributed by atoms with Gasteiger partial charge in [-0.3, -0.25) is 4.79 Å². The van der Waals surface area contributed by atoms with Crippen LogP contribution in [0.2, 0.25) is 0 Å². The molecule has 0 aliphatic heterocycles. The first-order valence-corrected chi connectivity index (χ1v) is 9.76. The van der Waals surface area contributed by atoms with E-state index in [2.05, 4.69) is 23.3 Å². The highest BCUT2D eigenvalue weighted by atomic mass is 35.5. The molecule has 1 aliphatic carbocycles. The van der Waals surface area contributed by atoms with Gasteiger partial charge in [0.15, 0.2) is 0 Å². The molecule has 26 heavy (non-hydrogen) atoms. The summed E-state index contributed by atoms with van der Waals surface area (Å²) < 4.78 is 1.20. The van der Waals surface area contributed by atoms with Gasteiger partial charge in [0.25, 0.3) is 0 Å². The molecule has 3 rings (SSSR count). The third kappa shape index (κ3) is 5.81. The van der Waals surface area contributed by atoms with Gasteiger partial charge in [-0.15, -0.1) is 36.2 Å². The largest absolute Gasteiger partial charge is 0.353 e. The first-order valence-electron chi connectivity index (χ1n) is 8.94. The fourth-order valence-corrected chi connectivity index (χ4v) is 4.84. The SMILES string of the molecule is CC(Cc1nc2ccccc2s1)NC(=O)CC1(CN)CCCCC1.Cl.Cl. The zero-order valence-corrected chi connectivity index (χ0v) is 17.7. The van der Waals surface area contributed by atoms with Gasteiger partial charge >= 0.3 is 0 Å². The Morgan fingerprint density at radius 1 is 1.27 bits per heavy atom. The predicted octanol–water partition coefficient (Wildman–Crippen LogP) is 4.49. The molecule has 4 nitrogen and oxygen atoms in total. The summed E-state index contributed by atoms with van der Waals surface area (Å²) >= 11 is 1.71. The van der Waals surface area contributed by atoms with Gasteiger partial charge in [0.2, 0.25) is 5.91 Å². The number of hydrogen-bond donors (Lipinski definition) is 2. The summed E-state index contributed by atoms with van der Waals surface area (Å²) in [6.07, 6.45) is 7.19. The number of carbonyl (C=O) groups excluding carboxylic acids is 1. The number of amides is 1. The van der Waals surface area contributed by atoms with Crippen molar-refractivity contribution in [3.05, 3.63) is 29.3 Å². The van der Waals surface area contributed by atoms with E-state index in [-0.39, 0.29) is 42.2 Å². The van der Waals surface area contributed by atoms with Crippen molar-refractivity contribution < 1.29 is 4.79 Å². The predicted molar refractivity (Wildman–Crippen MR) is 115 cm³/mol. The minimum atomic E-state index is 0. The number of benzene rings is 1. The van der Waals surface area contributed by atoms with Crippen LogP contribution in [0.1, 0.15) is 50.5 Å². The summed E-state index contributed by atoms with van der Waals surface area (Å²) in [5.41, 5.74) is 7.06. The second-order valence-electron chi connectivity index (χ2n) is 7.19. The summed E-state index contributed by atoms with van der Waals surface area (Å²) in [4.78, 5) is 17.1. The van der Waals surface area contributed by atoms with Crippen LogP contribution in [0, 0.1) is 5.41 Å². The van der Waals surface area contributed by atoms with E-state index < -0.39 is 0 Å². The molecule has 1 amide bonds. The van der Waals surface area contributed by atoms with Gasteiger partial charge in [0.1, 0.15) is 0 Å². The molecule has 1 aromatic heterocycles. The molecule has 7 heteroatoms. The second kappa shape index (κ2) is 10.5. The Balaban J connectivity index is 0.00000169. The third-order valence-corrected chi connectivity index (χ3v) is 6.17. The summed E-state index contributed by atoms with van der Waals surface area (Å²) in [6.45, 7) is 2.67. The van der Waals surface area contributed by atoms with Crippen molar-refractivity contribution >= 4 is 52.3 Å². The van der Waals surface area contributed by atoms with Gasteiger partial charge in [-0.1, -0.05) is 31.4 Å². The van der Waals surface area contributed by atoms with E-state index in [1.807, 2.05) is 18.2 Å². The smallest absolute Gasteiger partial charge is 0.220 e. The second-order valence-corrected chi connectivity index (χ2v) is 8.30. The van der Waals surface area contributed by atoms with Gasteiger partial charge < -0.3 is 11.1 Å². The van der Waals surface area contributed by atoms with E-state index in [1.165, 1.54) is 24.0 Å². The lowest BCUT2D eigenvalue weighted by atomic mass is 9.71. The first kappa shape index (κ1) is 23.2. The summed E-state index contributed by atoms with van der Waals surface area (Å²) in [5, 5.41) is 4.23. The summed E-state index contributed by atoms with van der Waals surface area (Å²) in [7, 11) is 0. The lowest BCUT2D eigenvalue weighted by molar-refractivity contribution is -0.124. The molecule has 2 aromatic rings. The number of carbonyl (C=O) groups is 1. The summed E-state index contributed by atoms with van der Waals surface area (Å²) in [5.74, 6) is 0.135. The van der Waals surface area contributed by atoms with Gasteiger partial charge in [-0.25, -0.2) is 4.98 Å². The van der Waals surface area contributed by atoms with Crippen LogP contribution < -0.4 is 11.1 Å². The Morgan fingerprint density at radius 2 is 1.96 bits per heavy atom. The van der Waals surface area contributed by atoms with Crippen molar-refractivity contribution in [2.75, 3.05) is 6.54 Å². The van der Waals surface area contributed by atoms with E-state index in [4.69, 9.17) is 5.73 Å². The quantitative estimate of drug-likeness (QED) is 0.727. The average Bonchev–Trinajstić information content (AvgIpc) is 2.97. The molecule has 1 aliphatic rings. The highest BCUT2D eigenvalue weighted by Crippen LogP contribution is 2.38. The molecule has 1 aromatic carbocycles. The highest BCUT2D eigenvalue weighted by molar-refractivity contribution is 7.18. The number of fused-ring (bicyclic) bond motifs is 1. The van der Waals surface area contributed by atoms with Crippen molar-refractivity contribution in [2.45, 2.75) is 57.9 Å². The molecule has 1 heterocycles. The van der Waals surface area contributed by atoms with E-state index >= 15 is 0 Å². The van der Waals surface area contributed by atoms with Crippen LogP contribution in [0.25, 0.3) is 10.2 Å².